The Labute approximate surface area is 106 Å². The number of aryl methyl sites for hydroxylation is 1. The molecule has 0 aromatic heterocycles. The van der Waals surface area contributed by atoms with Crippen molar-refractivity contribution in [3.63, 3.8) is 0 Å². The lowest BCUT2D eigenvalue weighted by Crippen LogP contribution is -2.31. The smallest absolute Gasteiger partial charge is 0.253 e. The van der Waals surface area contributed by atoms with Crippen molar-refractivity contribution in [2.75, 3.05) is 6.54 Å². The Morgan fingerprint density at radius 2 is 2.00 bits per heavy atom. The number of ketones is 1. The summed E-state index contributed by atoms with van der Waals surface area (Å²) >= 11 is 6.02. The molecule has 0 atom stereocenters. The molecule has 3 nitrogen and oxygen atoms in total. The fourth-order valence-corrected chi connectivity index (χ4v) is 1.50. The van der Waals surface area contributed by atoms with Crippen molar-refractivity contribution in [2.45, 2.75) is 20.8 Å². The number of Topliss-reactive ketones (excluding diaryl/α,β-unsaturated/α-hetero) is 1. The van der Waals surface area contributed by atoms with Crippen LogP contribution < -0.4 is 5.32 Å². The molecule has 0 unspecified atom stereocenters. The van der Waals surface area contributed by atoms with Gasteiger partial charge in [0.1, 0.15) is 0 Å². The summed E-state index contributed by atoms with van der Waals surface area (Å²) in [7, 11) is 0. The third-order valence-electron chi connectivity index (χ3n) is 2.50. The monoisotopic (exact) mass is 253 g/mol. The maximum atomic E-state index is 11.8. The summed E-state index contributed by atoms with van der Waals surface area (Å²) in [6.07, 6.45) is 0. The van der Waals surface area contributed by atoms with Crippen LogP contribution in [0.5, 0.6) is 0 Å². The average molecular weight is 254 g/mol. The molecular formula is C13H16ClNO2. The van der Waals surface area contributed by atoms with Crippen molar-refractivity contribution in [3.8, 4) is 0 Å². The molecule has 92 valence electrons. The van der Waals surface area contributed by atoms with Crippen LogP contribution in [-0.2, 0) is 4.79 Å². The first-order valence-electron chi connectivity index (χ1n) is 5.49. The second kappa shape index (κ2) is 5.82. The van der Waals surface area contributed by atoms with E-state index in [1.54, 1.807) is 26.0 Å². The molecule has 1 N–H and O–H groups in total. The van der Waals surface area contributed by atoms with Gasteiger partial charge in [0.2, 0.25) is 0 Å². The van der Waals surface area contributed by atoms with Gasteiger partial charge in [-0.25, -0.2) is 0 Å². The van der Waals surface area contributed by atoms with E-state index in [0.717, 1.165) is 5.56 Å². The fraction of sp³-hybridized carbons (Fsp3) is 0.385. The molecule has 0 spiro atoms. The standard InChI is InChI=1S/C13H16ClNO2/c1-8(2)11(16)7-15-13(17)10-6-4-5-9(3)12(10)14/h4-6,8H,7H2,1-3H3,(H,15,17). The first-order valence-corrected chi connectivity index (χ1v) is 5.87. The Hall–Kier alpha value is -1.35. The molecule has 0 saturated heterocycles. The van der Waals surface area contributed by atoms with Crippen molar-refractivity contribution in [3.05, 3.63) is 34.3 Å². The summed E-state index contributed by atoms with van der Waals surface area (Å²) in [4.78, 5) is 23.2. The number of carbonyl (C=O) groups excluding carboxylic acids is 2. The van der Waals surface area contributed by atoms with Gasteiger partial charge >= 0.3 is 0 Å². The van der Waals surface area contributed by atoms with Gasteiger partial charge in [-0.3, -0.25) is 9.59 Å². The molecular weight excluding hydrogens is 238 g/mol. The highest BCUT2D eigenvalue weighted by atomic mass is 35.5. The lowest BCUT2D eigenvalue weighted by atomic mass is 10.1. The highest BCUT2D eigenvalue weighted by Crippen LogP contribution is 2.19. The van der Waals surface area contributed by atoms with Crippen LogP contribution in [-0.4, -0.2) is 18.2 Å². The van der Waals surface area contributed by atoms with E-state index < -0.39 is 0 Å². The van der Waals surface area contributed by atoms with E-state index in [2.05, 4.69) is 5.32 Å². The molecule has 0 radical (unpaired) electrons. The normalized spacial score (nSPS) is 10.4. The number of amides is 1. The highest BCUT2D eigenvalue weighted by molar-refractivity contribution is 6.34. The van der Waals surface area contributed by atoms with Gasteiger partial charge in [-0.05, 0) is 18.6 Å². The first-order chi connectivity index (χ1) is 7.93. The van der Waals surface area contributed by atoms with Crippen LogP contribution >= 0.6 is 11.6 Å². The number of benzene rings is 1. The Bertz CT molecular complexity index is 441. The molecule has 4 heteroatoms. The minimum atomic E-state index is -0.312. The SMILES string of the molecule is Cc1cccc(C(=O)NCC(=O)C(C)C)c1Cl. The van der Waals surface area contributed by atoms with Gasteiger partial charge < -0.3 is 5.32 Å². The zero-order valence-electron chi connectivity index (χ0n) is 10.2. The van der Waals surface area contributed by atoms with Crippen LogP contribution in [0.25, 0.3) is 0 Å². The van der Waals surface area contributed by atoms with Crippen molar-refractivity contribution >= 4 is 23.3 Å². The van der Waals surface area contributed by atoms with Gasteiger partial charge in [-0.2, -0.15) is 0 Å². The summed E-state index contributed by atoms with van der Waals surface area (Å²) in [6.45, 7) is 5.47. The molecule has 0 aliphatic heterocycles. The summed E-state index contributed by atoms with van der Waals surface area (Å²) in [5.41, 5.74) is 1.25. The summed E-state index contributed by atoms with van der Waals surface area (Å²) in [5.74, 6) is -0.391. The molecule has 1 aromatic carbocycles. The topological polar surface area (TPSA) is 46.2 Å². The van der Waals surface area contributed by atoms with Crippen molar-refractivity contribution < 1.29 is 9.59 Å². The van der Waals surface area contributed by atoms with E-state index >= 15 is 0 Å². The number of hydrogen-bond acceptors (Lipinski definition) is 2. The van der Waals surface area contributed by atoms with E-state index in [9.17, 15) is 9.59 Å². The zero-order valence-corrected chi connectivity index (χ0v) is 11.0. The predicted octanol–water partition coefficient (Wildman–Crippen LogP) is 2.60. The average Bonchev–Trinajstić information content (AvgIpc) is 2.29. The number of nitrogens with one attached hydrogen (secondary N) is 1. The van der Waals surface area contributed by atoms with Gasteiger partial charge in [0.15, 0.2) is 5.78 Å². The van der Waals surface area contributed by atoms with Gasteiger partial charge in [0.25, 0.3) is 5.91 Å². The van der Waals surface area contributed by atoms with Crippen LogP contribution in [0.4, 0.5) is 0 Å². The Balaban J connectivity index is 2.71. The van der Waals surface area contributed by atoms with Crippen LogP contribution in [0, 0.1) is 12.8 Å². The van der Waals surface area contributed by atoms with Crippen LogP contribution in [0.3, 0.4) is 0 Å². The molecule has 0 aliphatic carbocycles. The summed E-state index contributed by atoms with van der Waals surface area (Å²) in [5, 5.41) is 3.01. The summed E-state index contributed by atoms with van der Waals surface area (Å²) < 4.78 is 0. The second-order valence-electron chi connectivity index (χ2n) is 4.24. The lowest BCUT2D eigenvalue weighted by Gasteiger charge is -2.08. The van der Waals surface area contributed by atoms with Gasteiger partial charge in [-0.15, -0.1) is 0 Å². The Morgan fingerprint density at radius 3 is 2.59 bits per heavy atom. The quantitative estimate of drug-likeness (QED) is 0.897. The van der Waals surface area contributed by atoms with E-state index in [-0.39, 0.29) is 24.2 Å². The Kier molecular flexibility index (Phi) is 4.70. The van der Waals surface area contributed by atoms with Gasteiger partial charge in [-0.1, -0.05) is 37.6 Å². The minimum Gasteiger partial charge on any atom is -0.345 e. The molecule has 17 heavy (non-hydrogen) atoms. The molecule has 0 aliphatic rings. The lowest BCUT2D eigenvalue weighted by molar-refractivity contribution is -0.120. The van der Waals surface area contributed by atoms with Crippen molar-refractivity contribution in [1.29, 1.82) is 0 Å². The molecule has 0 saturated carbocycles. The molecule has 1 amide bonds. The molecule has 0 fully saturated rings. The van der Waals surface area contributed by atoms with Crippen molar-refractivity contribution in [1.82, 2.24) is 5.32 Å². The van der Waals surface area contributed by atoms with Crippen LogP contribution in [0.15, 0.2) is 18.2 Å². The highest BCUT2D eigenvalue weighted by Gasteiger charge is 2.13. The maximum Gasteiger partial charge on any atom is 0.253 e. The van der Waals surface area contributed by atoms with Gasteiger partial charge in [0, 0.05) is 5.92 Å². The van der Waals surface area contributed by atoms with Crippen molar-refractivity contribution in [2.24, 2.45) is 5.92 Å². The zero-order chi connectivity index (χ0) is 13.0. The molecule has 1 aromatic rings. The van der Waals surface area contributed by atoms with Crippen LogP contribution in [0.1, 0.15) is 29.8 Å². The largest absolute Gasteiger partial charge is 0.345 e. The van der Waals surface area contributed by atoms with E-state index in [4.69, 9.17) is 11.6 Å². The van der Waals surface area contributed by atoms with Gasteiger partial charge in [0.05, 0.1) is 17.1 Å². The third-order valence-corrected chi connectivity index (χ3v) is 3.01. The molecule has 1 rings (SSSR count). The number of hydrogen-bond donors (Lipinski definition) is 1. The number of carbonyl (C=O) groups is 2. The maximum absolute atomic E-state index is 11.8. The third kappa shape index (κ3) is 3.56. The Morgan fingerprint density at radius 1 is 1.35 bits per heavy atom. The van der Waals surface area contributed by atoms with E-state index in [1.807, 2.05) is 13.0 Å². The van der Waals surface area contributed by atoms with E-state index in [0.29, 0.717) is 10.6 Å². The van der Waals surface area contributed by atoms with Crippen LogP contribution in [0.2, 0.25) is 5.02 Å². The minimum absolute atomic E-state index is 0.00197. The first kappa shape index (κ1) is 13.7. The number of halogens is 1. The van der Waals surface area contributed by atoms with E-state index in [1.165, 1.54) is 0 Å². The number of rotatable bonds is 4. The fourth-order valence-electron chi connectivity index (χ4n) is 1.29. The predicted molar refractivity (Wildman–Crippen MR) is 68.4 cm³/mol. The second-order valence-corrected chi connectivity index (χ2v) is 4.62. The molecule has 0 heterocycles. The summed E-state index contributed by atoms with van der Waals surface area (Å²) in [6, 6.07) is 5.24. The molecule has 0 bridgehead atoms.